The van der Waals surface area contributed by atoms with E-state index in [-0.39, 0.29) is 12.3 Å². The van der Waals surface area contributed by atoms with Gasteiger partial charge in [0.1, 0.15) is 0 Å². The lowest BCUT2D eigenvalue weighted by atomic mass is 10.0. The number of aryl methyl sites for hydroxylation is 2. The van der Waals surface area contributed by atoms with E-state index in [4.69, 9.17) is 4.52 Å². The quantitative estimate of drug-likeness (QED) is 0.559. The van der Waals surface area contributed by atoms with Crippen molar-refractivity contribution in [1.82, 2.24) is 10.1 Å². The third kappa shape index (κ3) is 3.87. The molecule has 0 fully saturated rings. The second kappa shape index (κ2) is 7.41. The molecule has 4 rings (SSSR count). The Morgan fingerprint density at radius 3 is 2.63 bits per heavy atom. The van der Waals surface area contributed by atoms with Gasteiger partial charge in [0.25, 0.3) is 0 Å². The van der Waals surface area contributed by atoms with Gasteiger partial charge in [0.05, 0.1) is 0 Å². The van der Waals surface area contributed by atoms with Crippen molar-refractivity contribution in [1.29, 1.82) is 0 Å². The van der Waals surface area contributed by atoms with Crippen LogP contribution in [0.1, 0.15) is 17.9 Å². The van der Waals surface area contributed by atoms with Gasteiger partial charge in [-0.15, -0.1) is 0 Å². The third-order valence-corrected chi connectivity index (χ3v) is 4.40. The topological polar surface area (TPSA) is 68.0 Å². The van der Waals surface area contributed by atoms with Crippen molar-refractivity contribution >= 4 is 22.4 Å². The minimum absolute atomic E-state index is 0.0798. The van der Waals surface area contributed by atoms with Crippen LogP contribution in [-0.4, -0.2) is 16.0 Å². The highest BCUT2D eigenvalue weighted by molar-refractivity contribution is 5.95. The first-order valence-electron chi connectivity index (χ1n) is 8.86. The van der Waals surface area contributed by atoms with Crippen LogP contribution >= 0.6 is 0 Å². The summed E-state index contributed by atoms with van der Waals surface area (Å²) in [5, 5.41) is 9.16. The van der Waals surface area contributed by atoms with E-state index in [9.17, 15) is 4.79 Å². The Hall–Kier alpha value is -3.47. The van der Waals surface area contributed by atoms with Gasteiger partial charge in [0.2, 0.25) is 17.6 Å². The van der Waals surface area contributed by atoms with Gasteiger partial charge in [-0.3, -0.25) is 4.79 Å². The Morgan fingerprint density at radius 2 is 1.78 bits per heavy atom. The molecule has 1 amide bonds. The van der Waals surface area contributed by atoms with Crippen molar-refractivity contribution in [2.75, 3.05) is 5.32 Å². The number of hydrogen-bond donors (Lipinski definition) is 1. The standard InChI is InChI=1S/C22H19N3O2/c1-15-9-11-17(12-10-15)23-20(26)13-14-21-24-22(25-27-21)19-8-4-6-16-5-2-3-7-18(16)19/h2-12H,13-14H2,1H3,(H,23,26). The van der Waals surface area contributed by atoms with E-state index in [0.29, 0.717) is 18.1 Å². The van der Waals surface area contributed by atoms with Crippen LogP contribution in [0.5, 0.6) is 0 Å². The first-order chi connectivity index (χ1) is 13.2. The summed E-state index contributed by atoms with van der Waals surface area (Å²) in [5.41, 5.74) is 2.86. The summed E-state index contributed by atoms with van der Waals surface area (Å²) in [5.74, 6) is 0.918. The Kier molecular flexibility index (Phi) is 4.66. The van der Waals surface area contributed by atoms with E-state index >= 15 is 0 Å². The molecule has 0 atom stereocenters. The number of hydrogen-bond acceptors (Lipinski definition) is 4. The van der Waals surface area contributed by atoms with Crippen LogP contribution in [0.15, 0.2) is 71.3 Å². The average Bonchev–Trinajstić information content (AvgIpc) is 3.17. The lowest BCUT2D eigenvalue weighted by molar-refractivity contribution is -0.116. The molecule has 0 aliphatic carbocycles. The molecule has 0 bridgehead atoms. The highest BCUT2D eigenvalue weighted by Gasteiger charge is 2.13. The average molecular weight is 357 g/mol. The lowest BCUT2D eigenvalue weighted by Crippen LogP contribution is -2.12. The van der Waals surface area contributed by atoms with E-state index in [1.807, 2.05) is 61.5 Å². The van der Waals surface area contributed by atoms with Gasteiger partial charge in [-0.2, -0.15) is 4.98 Å². The number of amides is 1. The largest absolute Gasteiger partial charge is 0.339 e. The van der Waals surface area contributed by atoms with Crippen molar-refractivity contribution in [2.45, 2.75) is 19.8 Å². The molecule has 1 aromatic heterocycles. The number of carbonyl (C=O) groups excluding carboxylic acids is 1. The van der Waals surface area contributed by atoms with Crippen LogP contribution in [0.3, 0.4) is 0 Å². The van der Waals surface area contributed by atoms with Crippen LogP contribution in [0.25, 0.3) is 22.2 Å². The summed E-state index contributed by atoms with van der Waals surface area (Å²) in [7, 11) is 0. The molecular weight excluding hydrogens is 338 g/mol. The van der Waals surface area contributed by atoms with Crippen LogP contribution in [0.4, 0.5) is 5.69 Å². The fourth-order valence-electron chi connectivity index (χ4n) is 2.97. The predicted octanol–water partition coefficient (Wildman–Crippen LogP) is 4.77. The van der Waals surface area contributed by atoms with Gasteiger partial charge >= 0.3 is 0 Å². The molecule has 1 heterocycles. The highest BCUT2D eigenvalue weighted by atomic mass is 16.5. The van der Waals surface area contributed by atoms with Crippen molar-refractivity contribution in [3.8, 4) is 11.4 Å². The van der Waals surface area contributed by atoms with E-state index in [1.165, 1.54) is 0 Å². The maximum absolute atomic E-state index is 12.1. The molecule has 3 aromatic carbocycles. The molecule has 0 radical (unpaired) electrons. The first kappa shape index (κ1) is 17.0. The number of fused-ring (bicyclic) bond motifs is 1. The molecule has 5 nitrogen and oxygen atoms in total. The van der Waals surface area contributed by atoms with E-state index in [2.05, 4.69) is 27.6 Å². The van der Waals surface area contributed by atoms with Gasteiger partial charge in [0, 0.05) is 24.1 Å². The minimum atomic E-state index is -0.0798. The monoisotopic (exact) mass is 357 g/mol. The maximum Gasteiger partial charge on any atom is 0.227 e. The molecule has 5 heteroatoms. The lowest BCUT2D eigenvalue weighted by Gasteiger charge is -2.04. The Labute approximate surface area is 157 Å². The second-order valence-electron chi connectivity index (χ2n) is 6.45. The number of carbonyl (C=O) groups is 1. The predicted molar refractivity (Wildman–Crippen MR) is 105 cm³/mol. The molecule has 0 spiro atoms. The second-order valence-corrected chi connectivity index (χ2v) is 6.45. The van der Waals surface area contributed by atoms with Crippen molar-refractivity contribution in [3.63, 3.8) is 0 Å². The zero-order valence-corrected chi connectivity index (χ0v) is 15.0. The number of nitrogens with zero attached hydrogens (tertiary/aromatic N) is 2. The molecule has 27 heavy (non-hydrogen) atoms. The Morgan fingerprint density at radius 1 is 1.00 bits per heavy atom. The molecule has 4 aromatic rings. The number of benzene rings is 3. The zero-order chi connectivity index (χ0) is 18.6. The molecule has 0 unspecified atom stereocenters. The molecule has 134 valence electrons. The number of nitrogens with one attached hydrogen (secondary N) is 1. The summed E-state index contributed by atoms with van der Waals surface area (Å²) in [6.07, 6.45) is 0.681. The normalized spacial score (nSPS) is 10.9. The van der Waals surface area contributed by atoms with E-state index in [0.717, 1.165) is 27.6 Å². The first-order valence-corrected chi connectivity index (χ1v) is 8.86. The van der Waals surface area contributed by atoms with Crippen molar-refractivity contribution in [3.05, 3.63) is 78.2 Å². The fraction of sp³-hybridized carbons (Fsp3) is 0.136. The van der Waals surface area contributed by atoms with Crippen LogP contribution in [0.2, 0.25) is 0 Å². The number of anilines is 1. The smallest absolute Gasteiger partial charge is 0.227 e. The molecule has 0 saturated carbocycles. The van der Waals surface area contributed by atoms with Gasteiger partial charge in [-0.25, -0.2) is 0 Å². The number of rotatable bonds is 5. The maximum atomic E-state index is 12.1. The summed E-state index contributed by atoms with van der Waals surface area (Å²) >= 11 is 0. The SMILES string of the molecule is Cc1ccc(NC(=O)CCc2nc(-c3cccc4ccccc34)no2)cc1. The van der Waals surface area contributed by atoms with Crippen molar-refractivity contribution < 1.29 is 9.32 Å². The van der Waals surface area contributed by atoms with Gasteiger partial charge in [-0.1, -0.05) is 65.3 Å². The highest BCUT2D eigenvalue weighted by Crippen LogP contribution is 2.26. The van der Waals surface area contributed by atoms with Crippen LogP contribution in [0, 0.1) is 6.92 Å². The van der Waals surface area contributed by atoms with Gasteiger partial charge in [-0.05, 0) is 29.8 Å². The summed E-state index contributed by atoms with van der Waals surface area (Å²) in [4.78, 5) is 16.6. The Balaban J connectivity index is 1.43. The van der Waals surface area contributed by atoms with E-state index < -0.39 is 0 Å². The summed E-state index contributed by atoms with van der Waals surface area (Å²) in [6.45, 7) is 2.01. The fourth-order valence-corrected chi connectivity index (χ4v) is 2.97. The summed E-state index contributed by atoms with van der Waals surface area (Å²) in [6, 6.07) is 21.8. The molecular formula is C22H19N3O2. The third-order valence-electron chi connectivity index (χ3n) is 4.40. The minimum Gasteiger partial charge on any atom is -0.339 e. The van der Waals surface area contributed by atoms with E-state index in [1.54, 1.807) is 0 Å². The molecule has 0 aliphatic rings. The zero-order valence-electron chi connectivity index (χ0n) is 15.0. The van der Waals surface area contributed by atoms with Crippen molar-refractivity contribution in [2.24, 2.45) is 0 Å². The molecule has 0 aliphatic heterocycles. The Bertz CT molecular complexity index is 1080. The van der Waals surface area contributed by atoms with Gasteiger partial charge in [0.15, 0.2) is 0 Å². The molecule has 1 N–H and O–H groups in total. The van der Waals surface area contributed by atoms with Crippen LogP contribution < -0.4 is 5.32 Å². The number of aromatic nitrogens is 2. The summed E-state index contributed by atoms with van der Waals surface area (Å²) < 4.78 is 5.34. The van der Waals surface area contributed by atoms with Gasteiger partial charge < -0.3 is 9.84 Å². The van der Waals surface area contributed by atoms with Crippen LogP contribution in [-0.2, 0) is 11.2 Å². The molecule has 0 saturated heterocycles.